The van der Waals surface area contributed by atoms with Gasteiger partial charge in [-0.2, -0.15) is 5.26 Å². The van der Waals surface area contributed by atoms with Gasteiger partial charge in [0.05, 0.1) is 0 Å². The molecule has 4 heteroatoms. The van der Waals surface area contributed by atoms with Crippen LogP contribution in [0.1, 0.15) is 32.0 Å². The highest BCUT2D eigenvalue weighted by Gasteiger charge is 2.13. The van der Waals surface area contributed by atoms with Crippen LogP contribution in [0, 0.1) is 11.3 Å². The molecule has 0 saturated carbocycles. The molecule has 0 aliphatic heterocycles. The average molecular weight is 302 g/mol. The van der Waals surface area contributed by atoms with Crippen molar-refractivity contribution in [2.45, 2.75) is 26.2 Å². The third kappa shape index (κ3) is 3.00. The fraction of sp³-hybridized carbons (Fsp3) is 0.211. The van der Waals surface area contributed by atoms with E-state index in [0.717, 1.165) is 11.1 Å². The molecule has 2 aromatic carbocycles. The molecule has 0 bridgehead atoms. The Labute approximate surface area is 135 Å². The Morgan fingerprint density at radius 3 is 1.91 bits per heavy atom. The van der Waals surface area contributed by atoms with Crippen LogP contribution in [-0.4, -0.2) is 15.4 Å². The quantitative estimate of drug-likeness (QED) is 0.767. The lowest BCUT2D eigenvalue weighted by molar-refractivity contribution is 0.590. The third-order valence-corrected chi connectivity index (χ3v) is 3.90. The molecule has 4 nitrogen and oxygen atoms in total. The smallest absolute Gasteiger partial charge is 0.163 e. The van der Waals surface area contributed by atoms with Gasteiger partial charge in [0.2, 0.25) is 0 Å². The molecule has 114 valence electrons. The van der Waals surface area contributed by atoms with Gasteiger partial charge < -0.3 is 0 Å². The van der Waals surface area contributed by atoms with Gasteiger partial charge in [-0.15, -0.1) is 5.10 Å². The van der Waals surface area contributed by atoms with Crippen molar-refractivity contribution < 1.29 is 0 Å². The summed E-state index contributed by atoms with van der Waals surface area (Å²) in [5.41, 5.74) is 5.63. The van der Waals surface area contributed by atoms with Gasteiger partial charge >= 0.3 is 0 Å². The largest absolute Gasteiger partial charge is 0.247 e. The standard InChI is InChI=1S/C19H18N4/c1-19(2,3)16-10-8-14(9-11-16)13-4-6-15(7-5-13)18-17(12-20)21-23-22-18/h4-11H,1-3H3,(H,21,22,23). The van der Waals surface area contributed by atoms with Gasteiger partial charge in [0, 0.05) is 5.56 Å². The fourth-order valence-corrected chi connectivity index (χ4v) is 2.49. The highest BCUT2D eigenvalue weighted by Crippen LogP contribution is 2.28. The van der Waals surface area contributed by atoms with E-state index < -0.39 is 0 Å². The SMILES string of the molecule is CC(C)(C)c1ccc(-c2ccc(-c3nn[nH]c3C#N)cc2)cc1. The Balaban J connectivity index is 1.90. The highest BCUT2D eigenvalue weighted by atomic mass is 15.3. The summed E-state index contributed by atoms with van der Waals surface area (Å²) in [6.45, 7) is 6.63. The minimum atomic E-state index is 0.156. The normalized spacial score (nSPS) is 11.2. The number of benzene rings is 2. The second kappa shape index (κ2) is 5.69. The summed E-state index contributed by atoms with van der Waals surface area (Å²) < 4.78 is 0. The maximum atomic E-state index is 9.03. The van der Waals surface area contributed by atoms with E-state index in [1.54, 1.807) is 0 Å². The number of hydrogen-bond acceptors (Lipinski definition) is 3. The maximum absolute atomic E-state index is 9.03. The van der Waals surface area contributed by atoms with E-state index in [0.29, 0.717) is 11.4 Å². The number of rotatable bonds is 2. The van der Waals surface area contributed by atoms with E-state index >= 15 is 0 Å². The van der Waals surface area contributed by atoms with Gasteiger partial charge in [0.1, 0.15) is 11.8 Å². The molecule has 0 fully saturated rings. The Kier molecular flexibility index (Phi) is 3.71. The molecule has 0 saturated heterocycles. The Bertz CT molecular complexity index is 844. The van der Waals surface area contributed by atoms with Crippen LogP contribution in [0.25, 0.3) is 22.4 Å². The highest BCUT2D eigenvalue weighted by molar-refractivity contribution is 5.70. The molecule has 3 rings (SSSR count). The average Bonchev–Trinajstić information content (AvgIpc) is 3.03. The lowest BCUT2D eigenvalue weighted by Crippen LogP contribution is -2.10. The molecule has 0 spiro atoms. The third-order valence-electron chi connectivity index (χ3n) is 3.90. The monoisotopic (exact) mass is 302 g/mol. The summed E-state index contributed by atoms with van der Waals surface area (Å²) >= 11 is 0. The second-order valence-electron chi connectivity index (χ2n) is 6.55. The molecule has 0 amide bonds. The van der Waals surface area contributed by atoms with Gasteiger partial charge in [-0.3, -0.25) is 0 Å². The van der Waals surface area contributed by atoms with Crippen LogP contribution >= 0.6 is 0 Å². The van der Waals surface area contributed by atoms with Crippen molar-refractivity contribution in [2.75, 3.05) is 0 Å². The number of nitrogens with one attached hydrogen (secondary N) is 1. The first-order chi connectivity index (χ1) is 11.0. The van der Waals surface area contributed by atoms with Gasteiger partial charge in [0.15, 0.2) is 5.69 Å². The number of nitriles is 1. The Hall–Kier alpha value is -2.93. The zero-order valence-corrected chi connectivity index (χ0v) is 13.5. The summed E-state index contributed by atoms with van der Waals surface area (Å²) in [5, 5.41) is 19.3. The number of aromatic nitrogens is 3. The molecule has 1 aromatic heterocycles. The molecular formula is C19H18N4. The Morgan fingerprint density at radius 2 is 1.39 bits per heavy atom. The van der Waals surface area contributed by atoms with Crippen molar-refractivity contribution in [3.8, 4) is 28.5 Å². The molecule has 0 aliphatic rings. The molecule has 3 aromatic rings. The molecular weight excluding hydrogens is 284 g/mol. The van der Waals surface area contributed by atoms with E-state index in [2.05, 4.69) is 66.5 Å². The Morgan fingerprint density at radius 1 is 0.870 bits per heavy atom. The molecule has 1 heterocycles. The van der Waals surface area contributed by atoms with Crippen LogP contribution in [0.3, 0.4) is 0 Å². The first-order valence-corrected chi connectivity index (χ1v) is 7.51. The first kappa shape index (κ1) is 15.0. The number of nitrogens with zero attached hydrogens (tertiary/aromatic N) is 3. The molecule has 1 N–H and O–H groups in total. The molecule has 0 unspecified atom stereocenters. The minimum Gasteiger partial charge on any atom is -0.247 e. The zero-order chi connectivity index (χ0) is 16.4. The fourth-order valence-electron chi connectivity index (χ4n) is 2.49. The van der Waals surface area contributed by atoms with Crippen molar-refractivity contribution in [2.24, 2.45) is 0 Å². The first-order valence-electron chi connectivity index (χ1n) is 7.51. The van der Waals surface area contributed by atoms with Crippen LogP contribution < -0.4 is 0 Å². The van der Waals surface area contributed by atoms with Crippen molar-refractivity contribution >= 4 is 0 Å². The summed E-state index contributed by atoms with van der Waals surface area (Å²) in [6.07, 6.45) is 0. The number of aromatic amines is 1. The van der Waals surface area contributed by atoms with E-state index in [9.17, 15) is 0 Å². The van der Waals surface area contributed by atoms with Gasteiger partial charge in [-0.1, -0.05) is 74.5 Å². The van der Waals surface area contributed by atoms with Crippen LogP contribution in [0.5, 0.6) is 0 Å². The van der Waals surface area contributed by atoms with Crippen LogP contribution in [0.15, 0.2) is 48.5 Å². The summed E-state index contributed by atoms with van der Waals surface area (Å²) in [7, 11) is 0. The molecule has 0 radical (unpaired) electrons. The van der Waals surface area contributed by atoms with Crippen molar-refractivity contribution in [1.82, 2.24) is 15.4 Å². The van der Waals surface area contributed by atoms with Crippen molar-refractivity contribution in [1.29, 1.82) is 5.26 Å². The predicted molar refractivity (Wildman–Crippen MR) is 90.7 cm³/mol. The van der Waals surface area contributed by atoms with E-state index in [1.165, 1.54) is 11.1 Å². The summed E-state index contributed by atoms with van der Waals surface area (Å²) in [4.78, 5) is 0. The molecule has 23 heavy (non-hydrogen) atoms. The molecule has 0 aliphatic carbocycles. The topological polar surface area (TPSA) is 65.4 Å². The lowest BCUT2D eigenvalue weighted by atomic mass is 9.86. The van der Waals surface area contributed by atoms with Gasteiger partial charge in [-0.25, -0.2) is 5.10 Å². The summed E-state index contributed by atoms with van der Waals surface area (Å²) in [6, 6.07) is 18.7. The van der Waals surface area contributed by atoms with Crippen molar-refractivity contribution in [3.63, 3.8) is 0 Å². The van der Waals surface area contributed by atoms with Gasteiger partial charge in [-0.05, 0) is 22.1 Å². The zero-order valence-electron chi connectivity index (χ0n) is 13.5. The van der Waals surface area contributed by atoms with Crippen LogP contribution in [-0.2, 0) is 5.41 Å². The number of H-pyrrole nitrogens is 1. The van der Waals surface area contributed by atoms with Crippen LogP contribution in [0.4, 0.5) is 0 Å². The second-order valence-corrected chi connectivity index (χ2v) is 6.55. The molecule has 0 atom stereocenters. The van der Waals surface area contributed by atoms with Gasteiger partial charge in [0.25, 0.3) is 0 Å². The van der Waals surface area contributed by atoms with E-state index in [-0.39, 0.29) is 5.41 Å². The predicted octanol–water partition coefficient (Wildman–Crippen LogP) is 4.31. The number of hydrogen-bond donors (Lipinski definition) is 1. The summed E-state index contributed by atoms with van der Waals surface area (Å²) in [5.74, 6) is 0. The van der Waals surface area contributed by atoms with Crippen molar-refractivity contribution in [3.05, 3.63) is 59.8 Å². The van der Waals surface area contributed by atoms with E-state index in [1.807, 2.05) is 24.3 Å². The maximum Gasteiger partial charge on any atom is 0.163 e. The minimum absolute atomic E-state index is 0.156. The van der Waals surface area contributed by atoms with Crippen LogP contribution in [0.2, 0.25) is 0 Å². The van der Waals surface area contributed by atoms with E-state index in [4.69, 9.17) is 5.26 Å². The lowest BCUT2D eigenvalue weighted by Gasteiger charge is -2.19.